The second-order valence-corrected chi connectivity index (χ2v) is 7.03. The monoisotopic (exact) mass is 378 g/mol. The van der Waals surface area contributed by atoms with E-state index in [1.807, 2.05) is 35.8 Å². The number of benzene rings is 2. The molecular weight excluding hydrogens is 360 g/mol. The number of fused-ring (bicyclic) bond motifs is 1. The molecule has 0 fully saturated rings. The van der Waals surface area contributed by atoms with E-state index in [4.69, 9.17) is 28.1 Å². The van der Waals surface area contributed by atoms with Crippen molar-refractivity contribution in [1.29, 1.82) is 0 Å². The van der Waals surface area contributed by atoms with Gasteiger partial charge in [-0.25, -0.2) is 4.98 Å². The van der Waals surface area contributed by atoms with E-state index in [0.29, 0.717) is 22.2 Å². The molecule has 0 amide bonds. The number of nitrogens with zero attached hydrogens (tertiary/aromatic N) is 4. The maximum Gasteiger partial charge on any atom is 0.224 e. The molecule has 0 aliphatic carbocycles. The number of hydrogen-bond donors (Lipinski definition) is 2. The zero-order valence-electron chi connectivity index (χ0n) is 15.3. The number of hydrogen-bond acceptors (Lipinski definition) is 5. The fourth-order valence-corrected chi connectivity index (χ4v) is 3.38. The average Bonchev–Trinajstić information content (AvgIpc) is 2.90. The van der Waals surface area contributed by atoms with Crippen LogP contribution in [0.15, 0.2) is 36.4 Å². The van der Waals surface area contributed by atoms with Crippen LogP contribution in [0.1, 0.15) is 17.0 Å². The molecule has 2 heterocycles. The van der Waals surface area contributed by atoms with Crippen molar-refractivity contribution >= 4 is 34.4 Å². The molecule has 27 heavy (non-hydrogen) atoms. The normalized spacial score (nSPS) is 11.3. The molecule has 6 nitrogen and oxygen atoms in total. The Kier molecular flexibility index (Phi) is 4.00. The molecule has 0 radical (unpaired) electrons. The summed E-state index contributed by atoms with van der Waals surface area (Å²) in [6.07, 6.45) is 0. The summed E-state index contributed by atoms with van der Waals surface area (Å²) in [4.78, 5) is 13.4. The molecule has 0 unspecified atom stereocenters. The van der Waals surface area contributed by atoms with Crippen LogP contribution in [0.3, 0.4) is 0 Å². The summed E-state index contributed by atoms with van der Waals surface area (Å²) < 4.78 is 1.97. The lowest BCUT2D eigenvalue weighted by atomic mass is 10.1. The quantitative estimate of drug-likeness (QED) is 0.544. The second kappa shape index (κ2) is 6.25. The number of aryl methyl sites for hydroxylation is 3. The van der Waals surface area contributed by atoms with Gasteiger partial charge in [0.05, 0.1) is 16.6 Å². The summed E-state index contributed by atoms with van der Waals surface area (Å²) in [6.45, 7) is 6.08. The minimum absolute atomic E-state index is 0.116. The maximum atomic E-state index is 6.25. The third kappa shape index (κ3) is 2.88. The number of halogens is 1. The van der Waals surface area contributed by atoms with Crippen molar-refractivity contribution in [2.45, 2.75) is 20.8 Å². The van der Waals surface area contributed by atoms with Gasteiger partial charge in [0.1, 0.15) is 11.6 Å². The highest BCUT2D eigenvalue weighted by atomic mass is 35.5. The minimum atomic E-state index is 0.116. The van der Waals surface area contributed by atoms with Crippen molar-refractivity contribution in [3.8, 4) is 16.9 Å². The Morgan fingerprint density at radius 1 is 0.889 bits per heavy atom. The molecule has 136 valence electrons. The number of aromatic nitrogens is 4. The molecule has 4 N–H and O–H groups in total. The second-order valence-electron chi connectivity index (χ2n) is 6.59. The van der Waals surface area contributed by atoms with E-state index < -0.39 is 0 Å². The van der Waals surface area contributed by atoms with Gasteiger partial charge >= 0.3 is 0 Å². The largest absolute Gasteiger partial charge is 0.383 e. The van der Waals surface area contributed by atoms with Gasteiger partial charge in [-0.15, -0.1) is 0 Å². The van der Waals surface area contributed by atoms with Crippen LogP contribution in [0.4, 0.5) is 11.8 Å². The van der Waals surface area contributed by atoms with Gasteiger partial charge in [-0.2, -0.15) is 9.97 Å². The molecule has 4 rings (SSSR count). The summed E-state index contributed by atoms with van der Waals surface area (Å²) in [5, 5.41) is 0.644. The van der Waals surface area contributed by atoms with Crippen LogP contribution < -0.4 is 11.5 Å². The van der Waals surface area contributed by atoms with Crippen LogP contribution in [0, 0.1) is 20.8 Å². The smallest absolute Gasteiger partial charge is 0.224 e. The Bertz CT molecular complexity index is 1180. The topological polar surface area (TPSA) is 95.6 Å². The van der Waals surface area contributed by atoms with Crippen molar-refractivity contribution in [1.82, 2.24) is 19.5 Å². The van der Waals surface area contributed by atoms with Gasteiger partial charge in [-0.1, -0.05) is 23.7 Å². The molecular formula is C20H19ClN6. The summed E-state index contributed by atoms with van der Waals surface area (Å²) in [5.74, 6) is 1.82. The average molecular weight is 379 g/mol. The molecule has 2 aromatic heterocycles. The molecule has 0 spiro atoms. The number of nitrogens with two attached hydrogens (primary N) is 2. The standard InChI is InChI=1S/C20H19ClN6/c1-10-8-15-16(9-11(10)2)27(12(3)24-15)19-17(18(22)25-20(23)26-19)13-4-6-14(21)7-5-13/h4-9H,1-3H3,(H4,22,23,25,26). The maximum absolute atomic E-state index is 6.25. The predicted octanol–water partition coefficient (Wildman–Crippen LogP) is 4.23. The Balaban J connectivity index is 2.08. The Labute approximate surface area is 161 Å². The third-order valence-electron chi connectivity index (χ3n) is 4.72. The van der Waals surface area contributed by atoms with Gasteiger partial charge in [-0.3, -0.25) is 4.57 Å². The summed E-state index contributed by atoms with van der Waals surface area (Å²) >= 11 is 6.04. The van der Waals surface area contributed by atoms with E-state index in [1.54, 1.807) is 0 Å². The van der Waals surface area contributed by atoms with Gasteiger partial charge in [0.2, 0.25) is 5.95 Å². The van der Waals surface area contributed by atoms with Gasteiger partial charge in [0.15, 0.2) is 5.82 Å². The first-order valence-corrected chi connectivity index (χ1v) is 8.88. The molecule has 0 aliphatic heterocycles. The van der Waals surface area contributed by atoms with Crippen molar-refractivity contribution in [3.05, 3.63) is 58.4 Å². The van der Waals surface area contributed by atoms with Crippen molar-refractivity contribution in [2.75, 3.05) is 11.5 Å². The minimum Gasteiger partial charge on any atom is -0.383 e. The van der Waals surface area contributed by atoms with Crippen LogP contribution in [0.2, 0.25) is 5.02 Å². The van der Waals surface area contributed by atoms with E-state index in [2.05, 4.69) is 35.9 Å². The molecule has 0 aliphatic rings. The van der Waals surface area contributed by atoms with Gasteiger partial charge in [0.25, 0.3) is 0 Å². The summed E-state index contributed by atoms with van der Waals surface area (Å²) in [5.41, 5.74) is 17.9. The lowest BCUT2D eigenvalue weighted by Crippen LogP contribution is -2.10. The predicted molar refractivity (Wildman–Crippen MR) is 110 cm³/mol. The molecule has 0 saturated carbocycles. The van der Waals surface area contributed by atoms with Crippen LogP contribution in [0.5, 0.6) is 0 Å². The van der Waals surface area contributed by atoms with E-state index in [0.717, 1.165) is 22.4 Å². The van der Waals surface area contributed by atoms with E-state index >= 15 is 0 Å². The van der Waals surface area contributed by atoms with Gasteiger partial charge in [0, 0.05) is 5.02 Å². The van der Waals surface area contributed by atoms with Crippen LogP contribution in [-0.4, -0.2) is 19.5 Å². The van der Waals surface area contributed by atoms with E-state index in [1.165, 1.54) is 11.1 Å². The molecule has 0 atom stereocenters. The number of imidazole rings is 1. The highest BCUT2D eigenvalue weighted by Crippen LogP contribution is 2.34. The summed E-state index contributed by atoms with van der Waals surface area (Å²) in [6, 6.07) is 11.6. The molecule has 2 aromatic carbocycles. The fourth-order valence-electron chi connectivity index (χ4n) is 3.26. The Hall–Kier alpha value is -3.12. The number of rotatable bonds is 2. The van der Waals surface area contributed by atoms with Crippen LogP contribution in [-0.2, 0) is 0 Å². The van der Waals surface area contributed by atoms with Crippen molar-refractivity contribution in [3.63, 3.8) is 0 Å². The van der Waals surface area contributed by atoms with E-state index in [-0.39, 0.29) is 5.95 Å². The first-order chi connectivity index (χ1) is 12.8. The van der Waals surface area contributed by atoms with Crippen molar-refractivity contribution < 1.29 is 0 Å². The third-order valence-corrected chi connectivity index (χ3v) is 4.97. The SMILES string of the molecule is Cc1cc2nc(C)n(-c3nc(N)nc(N)c3-c3ccc(Cl)cc3)c2cc1C. The van der Waals surface area contributed by atoms with Gasteiger partial charge in [-0.05, 0) is 61.7 Å². The lowest BCUT2D eigenvalue weighted by molar-refractivity contribution is 0.951. The summed E-state index contributed by atoms with van der Waals surface area (Å²) in [7, 11) is 0. The Morgan fingerprint density at radius 3 is 2.26 bits per heavy atom. The van der Waals surface area contributed by atoms with Crippen LogP contribution >= 0.6 is 11.6 Å². The van der Waals surface area contributed by atoms with Crippen molar-refractivity contribution in [2.24, 2.45) is 0 Å². The van der Waals surface area contributed by atoms with E-state index in [9.17, 15) is 0 Å². The number of anilines is 2. The lowest BCUT2D eigenvalue weighted by Gasteiger charge is -2.15. The number of nitrogen functional groups attached to an aromatic ring is 2. The molecule has 0 saturated heterocycles. The van der Waals surface area contributed by atoms with Gasteiger partial charge < -0.3 is 11.5 Å². The van der Waals surface area contributed by atoms with Crippen LogP contribution in [0.25, 0.3) is 28.0 Å². The first kappa shape index (κ1) is 17.3. The Morgan fingerprint density at radius 2 is 1.56 bits per heavy atom. The highest BCUT2D eigenvalue weighted by Gasteiger charge is 2.20. The zero-order valence-corrected chi connectivity index (χ0v) is 16.0. The molecule has 4 aromatic rings. The first-order valence-electron chi connectivity index (χ1n) is 8.50. The molecule has 7 heteroatoms. The fraction of sp³-hybridized carbons (Fsp3) is 0.150. The highest BCUT2D eigenvalue weighted by molar-refractivity contribution is 6.30. The zero-order chi connectivity index (χ0) is 19.3. The molecule has 0 bridgehead atoms.